The number of nitrogens with two attached hydrogens (primary N) is 2. The van der Waals surface area contributed by atoms with E-state index in [1.807, 2.05) is 24.3 Å². The zero-order chi connectivity index (χ0) is 10.1. The van der Waals surface area contributed by atoms with Gasteiger partial charge in [0.25, 0.3) is 0 Å². The van der Waals surface area contributed by atoms with Gasteiger partial charge in [0, 0.05) is 15.3 Å². The molecule has 0 aliphatic rings. The third-order valence-electron chi connectivity index (χ3n) is 2.12. The van der Waals surface area contributed by atoms with Gasteiger partial charge in [0.05, 0.1) is 12.6 Å². The highest BCUT2D eigenvalue weighted by atomic mass is 32.1. The van der Waals surface area contributed by atoms with Gasteiger partial charge in [-0.3, -0.25) is 0 Å². The molecule has 3 nitrogen and oxygen atoms in total. The zero-order valence-corrected chi connectivity index (χ0v) is 8.42. The number of hydrogen-bond donors (Lipinski definition) is 3. The van der Waals surface area contributed by atoms with Gasteiger partial charge in [-0.05, 0) is 29.7 Å². The SMILES string of the molecule is Nc1ccc2sc([C@H](N)CO)cc2c1. The summed E-state index contributed by atoms with van der Waals surface area (Å²) in [5.74, 6) is 0. The highest BCUT2D eigenvalue weighted by Gasteiger charge is 2.08. The topological polar surface area (TPSA) is 72.3 Å². The Hall–Kier alpha value is -1.10. The van der Waals surface area contributed by atoms with Crippen LogP contribution in [0.5, 0.6) is 0 Å². The molecular weight excluding hydrogens is 196 g/mol. The van der Waals surface area contributed by atoms with E-state index in [1.165, 1.54) is 0 Å². The van der Waals surface area contributed by atoms with E-state index in [0.717, 1.165) is 20.7 Å². The maximum absolute atomic E-state index is 8.92. The van der Waals surface area contributed by atoms with Gasteiger partial charge in [0.1, 0.15) is 0 Å². The summed E-state index contributed by atoms with van der Waals surface area (Å²) in [5.41, 5.74) is 12.1. The molecule has 74 valence electrons. The van der Waals surface area contributed by atoms with Crippen LogP contribution in [0.25, 0.3) is 10.1 Å². The number of fused-ring (bicyclic) bond motifs is 1. The Morgan fingerprint density at radius 3 is 2.86 bits per heavy atom. The lowest BCUT2D eigenvalue weighted by atomic mass is 10.2. The molecule has 0 fully saturated rings. The van der Waals surface area contributed by atoms with E-state index in [9.17, 15) is 0 Å². The van der Waals surface area contributed by atoms with Crippen molar-refractivity contribution in [1.29, 1.82) is 0 Å². The standard InChI is InChI=1S/C10H12N2OS/c11-7-1-2-9-6(3-7)4-10(14-9)8(12)5-13/h1-4,8,13H,5,11-12H2/t8-/m1/s1. The van der Waals surface area contributed by atoms with Crippen molar-refractivity contribution in [3.63, 3.8) is 0 Å². The number of thiophene rings is 1. The predicted molar refractivity (Wildman–Crippen MR) is 60.3 cm³/mol. The number of aliphatic hydroxyl groups is 1. The molecule has 1 heterocycles. The lowest BCUT2D eigenvalue weighted by Crippen LogP contribution is -2.12. The average Bonchev–Trinajstić information content (AvgIpc) is 2.59. The zero-order valence-electron chi connectivity index (χ0n) is 7.60. The van der Waals surface area contributed by atoms with Crippen LogP contribution in [0.3, 0.4) is 0 Å². The van der Waals surface area contributed by atoms with Gasteiger partial charge in [-0.15, -0.1) is 11.3 Å². The molecule has 5 N–H and O–H groups in total. The van der Waals surface area contributed by atoms with Crippen molar-refractivity contribution in [1.82, 2.24) is 0 Å². The Morgan fingerprint density at radius 1 is 1.36 bits per heavy atom. The van der Waals surface area contributed by atoms with Crippen LogP contribution >= 0.6 is 11.3 Å². The highest BCUT2D eigenvalue weighted by molar-refractivity contribution is 7.19. The first kappa shape index (κ1) is 9.45. The van der Waals surface area contributed by atoms with Crippen molar-refractivity contribution < 1.29 is 5.11 Å². The predicted octanol–water partition coefficient (Wildman–Crippen LogP) is 1.48. The van der Waals surface area contributed by atoms with Gasteiger partial charge < -0.3 is 16.6 Å². The average molecular weight is 208 g/mol. The Kier molecular flexibility index (Phi) is 2.41. The van der Waals surface area contributed by atoms with E-state index in [1.54, 1.807) is 11.3 Å². The quantitative estimate of drug-likeness (QED) is 0.654. The molecule has 1 aromatic heterocycles. The third kappa shape index (κ3) is 1.59. The van der Waals surface area contributed by atoms with Gasteiger partial charge in [-0.1, -0.05) is 0 Å². The fraction of sp³-hybridized carbons (Fsp3) is 0.200. The summed E-state index contributed by atoms with van der Waals surface area (Å²) in [6.07, 6.45) is 0. The van der Waals surface area contributed by atoms with Crippen molar-refractivity contribution in [2.75, 3.05) is 12.3 Å². The first-order chi connectivity index (χ1) is 6.70. The molecule has 0 spiro atoms. The molecule has 0 bridgehead atoms. The maximum Gasteiger partial charge on any atom is 0.0632 e. The molecule has 0 saturated heterocycles. The Morgan fingerprint density at radius 2 is 2.14 bits per heavy atom. The summed E-state index contributed by atoms with van der Waals surface area (Å²) < 4.78 is 1.15. The van der Waals surface area contributed by atoms with Crippen LogP contribution in [-0.2, 0) is 0 Å². The lowest BCUT2D eigenvalue weighted by Gasteiger charge is -2.02. The molecule has 4 heteroatoms. The van der Waals surface area contributed by atoms with E-state index in [2.05, 4.69) is 0 Å². The number of nitrogen functional groups attached to an aromatic ring is 1. The maximum atomic E-state index is 8.92. The normalized spacial score (nSPS) is 13.3. The van der Waals surface area contributed by atoms with Crippen LogP contribution < -0.4 is 11.5 Å². The lowest BCUT2D eigenvalue weighted by molar-refractivity contribution is 0.269. The van der Waals surface area contributed by atoms with E-state index >= 15 is 0 Å². The second-order valence-electron chi connectivity index (χ2n) is 3.24. The van der Waals surface area contributed by atoms with Gasteiger partial charge in [0.2, 0.25) is 0 Å². The fourth-order valence-electron chi connectivity index (χ4n) is 1.36. The number of rotatable bonds is 2. The summed E-state index contributed by atoms with van der Waals surface area (Å²) in [6, 6.07) is 7.46. The molecule has 0 aliphatic heterocycles. The van der Waals surface area contributed by atoms with Crippen LogP contribution in [0.2, 0.25) is 0 Å². The Bertz CT molecular complexity index is 452. The van der Waals surface area contributed by atoms with Gasteiger partial charge >= 0.3 is 0 Å². The van der Waals surface area contributed by atoms with Crippen LogP contribution in [0.1, 0.15) is 10.9 Å². The molecule has 0 unspecified atom stereocenters. The van der Waals surface area contributed by atoms with E-state index in [-0.39, 0.29) is 12.6 Å². The molecular formula is C10H12N2OS. The highest BCUT2D eigenvalue weighted by Crippen LogP contribution is 2.30. The summed E-state index contributed by atoms with van der Waals surface area (Å²) in [7, 11) is 0. The molecule has 1 aromatic carbocycles. The van der Waals surface area contributed by atoms with Gasteiger partial charge in [0.15, 0.2) is 0 Å². The van der Waals surface area contributed by atoms with Crippen LogP contribution in [0.15, 0.2) is 24.3 Å². The first-order valence-corrected chi connectivity index (χ1v) is 5.18. The molecule has 0 radical (unpaired) electrons. The van der Waals surface area contributed by atoms with Crippen molar-refractivity contribution in [3.8, 4) is 0 Å². The van der Waals surface area contributed by atoms with Crippen molar-refractivity contribution in [2.45, 2.75) is 6.04 Å². The second kappa shape index (κ2) is 3.57. The minimum absolute atomic E-state index is 0.0255. The molecule has 1 atom stereocenters. The monoisotopic (exact) mass is 208 g/mol. The third-order valence-corrected chi connectivity index (χ3v) is 3.37. The number of aliphatic hydroxyl groups excluding tert-OH is 1. The van der Waals surface area contributed by atoms with Crippen molar-refractivity contribution >= 4 is 27.1 Å². The summed E-state index contributed by atoms with van der Waals surface area (Å²) in [5, 5.41) is 10.0. The van der Waals surface area contributed by atoms with Gasteiger partial charge in [-0.2, -0.15) is 0 Å². The van der Waals surface area contributed by atoms with Crippen LogP contribution in [-0.4, -0.2) is 11.7 Å². The van der Waals surface area contributed by atoms with Crippen molar-refractivity contribution in [3.05, 3.63) is 29.1 Å². The molecule has 14 heavy (non-hydrogen) atoms. The Labute approximate surface area is 86.0 Å². The molecule has 0 aliphatic carbocycles. The van der Waals surface area contributed by atoms with E-state index in [0.29, 0.717) is 0 Å². The molecule has 0 saturated carbocycles. The summed E-state index contributed by atoms with van der Waals surface area (Å²) in [4.78, 5) is 0.994. The summed E-state index contributed by atoms with van der Waals surface area (Å²) >= 11 is 1.60. The number of anilines is 1. The van der Waals surface area contributed by atoms with Crippen LogP contribution in [0, 0.1) is 0 Å². The number of hydrogen-bond acceptors (Lipinski definition) is 4. The van der Waals surface area contributed by atoms with E-state index in [4.69, 9.17) is 16.6 Å². The van der Waals surface area contributed by atoms with Crippen molar-refractivity contribution in [2.24, 2.45) is 5.73 Å². The fourth-order valence-corrected chi connectivity index (χ4v) is 2.39. The number of benzene rings is 1. The Balaban J connectivity index is 2.51. The van der Waals surface area contributed by atoms with Crippen LogP contribution in [0.4, 0.5) is 5.69 Å². The minimum atomic E-state index is -0.284. The van der Waals surface area contributed by atoms with Gasteiger partial charge in [-0.25, -0.2) is 0 Å². The first-order valence-electron chi connectivity index (χ1n) is 4.36. The second-order valence-corrected chi connectivity index (χ2v) is 4.35. The molecule has 2 aromatic rings. The molecule has 2 rings (SSSR count). The molecule has 0 amide bonds. The summed E-state index contributed by atoms with van der Waals surface area (Å²) in [6.45, 7) is -0.0255. The minimum Gasteiger partial charge on any atom is -0.399 e. The smallest absolute Gasteiger partial charge is 0.0632 e. The van der Waals surface area contributed by atoms with E-state index < -0.39 is 0 Å². The largest absolute Gasteiger partial charge is 0.399 e.